The van der Waals surface area contributed by atoms with Gasteiger partial charge in [0.15, 0.2) is 13.3 Å². The van der Waals surface area contributed by atoms with Gasteiger partial charge < -0.3 is 0 Å². The minimum absolute atomic E-state index is 0. The van der Waals surface area contributed by atoms with Crippen molar-refractivity contribution in [2.24, 2.45) is 0 Å². The highest BCUT2D eigenvalue weighted by Gasteiger charge is 1.96. The van der Waals surface area contributed by atoms with E-state index in [2.05, 4.69) is 9.05 Å². The fourth-order valence-electron chi connectivity index (χ4n) is 0. The van der Waals surface area contributed by atoms with E-state index < -0.39 is 16.1 Å². The second-order valence-electron chi connectivity index (χ2n) is 1.24. The molecule has 0 aliphatic heterocycles. The zero-order chi connectivity index (χ0) is 8.57. The van der Waals surface area contributed by atoms with Crippen LogP contribution in [0.15, 0.2) is 0 Å². The van der Waals surface area contributed by atoms with Crippen LogP contribution in [0, 0.1) is 0 Å². The normalized spacial score (nSPS) is 9.33. The summed E-state index contributed by atoms with van der Waals surface area (Å²) in [5, 5.41) is 0. The molecule has 2 atom stereocenters. The SMILES string of the molecule is C.C.CO[P+](C)=O.CO[P+](C)=O. The van der Waals surface area contributed by atoms with E-state index in [0.29, 0.717) is 0 Å². The number of hydrogen-bond acceptors (Lipinski definition) is 4. The van der Waals surface area contributed by atoms with Gasteiger partial charge in [-0.3, -0.25) is 0 Å². The predicted molar refractivity (Wildman–Crippen MR) is 54.5 cm³/mol. The zero-order valence-corrected chi connectivity index (χ0v) is 8.32. The average molecular weight is 218 g/mol. The summed E-state index contributed by atoms with van der Waals surface area (Å²) in [6.45, 7) is 3.02. The van der Waals surface area contributed by atoms with Gasteiger partial charge in [0, 0.05) is 0 Å². The Kier molecular flexibility index (Phi) is 32.7. The molecule has 0 heterocycles. The molecule has 0 fully saturated rings. The standard InChI is InChI=1S/2C2H6O2P.2CH4/c2*1-4-5(2)3;;/h2*1-2H3;2*1H4/q2*+1;;. The van der Waals surface area contributed by atoms with E-state index in [1.807, 2.05) is 0 Å². The lowest BCUT2D eigenvalue weighted by molar-refractivity contribution is 0.419. The Morgan fingerprint density at radius 2 is 0.917 bits per heavy atom. The van der Waals surface area contributed by atoms with E-state index in [1.165, 1.54) is 27.5 Å². The van der Waals surface area contributed by atoms with Crippen LogP contribution < -0.4 is 0 Å². The van der Waals surface area contributed by atoms with Crippen LogP contribution in [0.25, 0.3) is 0 Å². The van der Waals surface area contributed by atoms with E-state index in [1.54, 1.807) is 0 Å². The summed E-state index contributed by atoms with van der Waals surface area (Å²) in [5.74, 6) is 0. The quantitative estimate of drug-likeness (QED) is 0.667. The van der Waals surface area contributed by atoms with Crippen LogP contribution in [0.5, 0.6) is 0 Å². The summed E-state index contributed by atoms with van der Waals surface area (Å²) in [4.78, 5) is 0. The van der Waals surface area contributed by atoms with Crippen LogP contribution in [0.2, 0.25) is 0 Å². The molecule has 0 aliphatic carbocycles. The maximum Gasteiger partial charge on any atom is 0.504 e. The lowest BCUT2D eigenvalue weighted by Gasteiger charge is -1.58. The fourth-order valence-corrected chi connectivity index (χ4v) is 0. The molecule has 76 valence electrons. The Bertz CT molecular complexity index is 102. The highest BCUT2D eigenvalue weighted by molar-refractivity contribution is 7.38. The molecule has 0 bridgehead atoms. The summed E-state index contributed by atoms with van der Waals surface area (Å²) in [6, 6.07) is 0. The first-order chi connectivity index (χ1) is 4.54. The van der Waals surface area contributed by atoms with E-state index in [-0.39, 0.29) is 14.9 Å². The summed E-state index contributed by atoms with van der Waals surface area (Å²) in [6.07, 6.45) is 0. The van der Waals surface area contributed by atoms with Crippen molar-refractivity contribution < 1.29 is 18.2 Å². The summed E-state index contributed by atoms with van der Waals surface area (Å²) in [7, 11) is 0.134. The molecule has 2 unspecified atom stereocenters. The fraction of sp³-hybridized carbons (Fsp3) is 1.00. The Hall–Kier alpha value is 0.120. The molecule has 0 aromatic carbocycles. The topological polar surface area (TPSA) is 52.6 Å². The van der Waals surface area contributed by atoms with Gasteiger partial charge in [-0.15, -0.1) is 9.05 Å². The first-order valence-electron chi connectivity index (χ1n) is 2.44. The van der Waals surface area contributed by atoms with Crippen LogP contribution in [-0.2, 0) is 18.2 Å². The molecular weight excluding hydrogens is 198 g/mol. The van der Waals surface area contributed by atoms with Crippen molar-refractivity contribution in [1.82, 2.24) is 0 Å². The largest absolute Gasteiger partial charge is 0.504 e. The highest BCUT2D eigenvalue weighted by atomic mass is 31.1. The van der Waals surface area contributed by atoms with Gasteiger partial charge >= 0.3 is 16.1 Å². The third kappa shape index (κ3) is 49.6. The lowest BCUT2D eigenvalue weighted by Crippen LogP contribution is -1.56. The van der Waals surface area contributed by atoms with E-state index in [4.69, 9.17) is 0 Å². The maximum absolute atomic E-state index is 9.74. The molecule has 0 aliphatic rings. The molecule has 0 aromatic rings. The Morgan fingerprint density at radius 3 is 0.917 bits per heavy atom. The number of rotatable bonds is 2. The molecule has 0 spiro atoms. The zero-order valence-electron chi connectivity index (χ0n) is 6.53. The van der Waals surface area contributed by atoms with Crippen molar-refractivity contribution >= 4 is 16.1 Å². The van der Waals surface area contributed by atoms with Gasteiger partial charge in [-0.05, 0) is 9.13 Å². The molecule has 4 nitrogen and oxygen atoms in total. The van der Waals surface area contributed by atoms with Gasteiger partial charge in [0.1, 0.15) is 0 Å². The molecular formula is C6H20O4P2+2. The van der Waals surface area contributed by atoms with Crippen LogP contribution in [0.3, 0.4) is 0 Å². The summed E-state index contributed by atoms with van der Waals surface area (Å²) >= 11 is 0. The monoisotopic (exact) mass is 218 g/mol. The van der Waals surface area contributed by atoms with Gasteiger partial charge in [-0.2, -0.15) is 0 Å². The van der Waals surface area contributed by atoms with Gasteiger partial charge in [0.05, 0.1) is 14.2 Å². The second-order valence-corrected chi connectivity index (χ2v) is 3.73. The molecule has 0 saturated carbocycles. The molecule has 0 amide bonds. The first kappa shape index (κ1) is 22.7. The van der Waals surface area contributed by atoms with Gasteiger partial charge in [-0.25, -0.2) is 0 Å². The van der Waals surface area contributed by atoms with Crippen LogP contribution in [0.4, 0.5) is 0 Å². The third-order valence-electron chi connectivity index (χ3n) is 0.514. The molecule has 0 aromatic heterocycles. The highest BCUT2D eigenvalue weighted by Crippen LogP contribution is 2.10. The minimum Gasteiger partial charge on any atom is -0.150 e. The van der Waals surface area contributed by atoms with E-state index in [9.17, 15) is 9.13 Å². The Labute approximate surface area is 77.4 Å². The molecule has 6 heteroatoms. The van der Waals surface area contributed by atoms with Gasteiger partial charge in [-0.1, -0.05) is 14.9 Å². The van der Waals surface area contributed by atoms with Crippen molar-refractivity contribution in [1.29, 1.82) is 0 Å². The first-order valence-corrected chi connectivity index (χ1v) is 5.69. The van der Waals surface area contributed by atoms with Crippen LogP contribution >= 0.6 is 16.1 Å². The smallest absolute Gasteiger partial charge is 0.150 e. The van der Waals surface area contributed by atoms with Crippen LogP contribution in [-0.4, -0.2) is 27.5 Å². The second kappa shape index (κ2) is 17.3. The lowest BCUT2D eigenvalue weighted by atomic mass is 11.8. The molecule has 0 saturated heterocycles. The molecule has 0 rings (SSSR count). The molecule has 0 radical (unpaired) electrons. The third-order valence-corrected chi connectivity index (χ3v) is 1.54. The van der Waals surface area contributed by atoms with Crippen molar-refractivity contribution in [3.8, 4) is 0 Å². The van der Waals surface area contributed by atoms with Crippen molar-refractivity contribution in [2.45, 2.75) is 14.9 Å². The van der Waals surface area contributed by atoms with E-state index >= 15 is 0 Å². The Balaban J connectivity index is -0.0000000457. The maximum atomic E-state index is 9.74. The van der Waals surface area contributed by atoms with Crippen molar-refractivity contribution in [3.63, 3.8) is 0 Å². The summed E-state index contributed by atoms with van der Waals surface area (Å²) in [5.41, 5.74) is 0. The molecule has 12 heavy (non-hydrogen) atoms. The van der Waals surface area contributed by atoms with Crippen LogP contribution in [0.1, 0.15) is 14.9 Å². The average Bonchev–Trinajstić information content (AvgIpc) is 1.89. The van der Waals surface area contributed by atoms with Crippen molar-refractivity contribution in [2.75, 3.05) is 27.5 Å². The summed E-state index contributed by atoms with van der Waals surface area (Å²) < 4.78 is 28.0. The van der Waals surface area contributed by atoms with Crippen molar-refractivity contribution in [3.05, 3.63) is 0 Å². The van der Waals surface area contributed by atoms with Gasteiger partial charge in [0.25, 0.3) is 0 Å². The minimum atomic E-state index is -1.35. The van der Waals surface area contributed by atoms with E-state index in [0.717, 1.165) is 0 Å². The van der Waals surface area contributed by atoms with Gasteiger partial charge in [0.2, 0.25) is 0 Å². The molecule has 0 N–H and O–H groups in total. The number of hydrogen-bond donors (Lipinski definition) is 0. The predicted octanol–water partition coefficient (Wildman–Crippen LogP) is 3.28. The Morgan fingerprint density at radius 1 is 0.833 bits per heavy atom.